The van der Waals surface area contributed by atoms with Gasteiger partial charge in [0.25, 0.3) is 0 Å². The van der Waals surface area contributed by atoms with Crippen LogP contribution in [0.25, 0.3) is 0 Å². The normalized spacial score (nSPS) is 10.8. The molecule has 2 rings (SSSR count). The Balaban J connectivity index is 1.93. The second kappa shape index (κ2) is 4.96. The van der Waals surface area contributed by atoms with Crippen molar-refractivity contribution >= 4 is 35.1 Å². The van der Waals surface area contributed by atoms with Crippen molar-refractivity contribution in [1.82, 2.24) is 5.43 Å². The van der Waals surface area contributed by atoms with E-state index in [0.29, 0.717) is 4.34 Å². The first-order valence-corrected chi connectivity index (χ1v) is 5.57. The number of nitrogens with zero attached hydrogens (tertiary/aromatic N) is 1. The molecule has 0 fully saturated rings. The molecule has 16 heavy (non-hydrogen) atoms. The van der Waals surface area contributed by atoms with Crippen molar-refractivity contribution in [3.05, 3.63) is 45.5 Å². The monoisotopic (exact) mass is 254 g/mol. The van der Waals surface area contributed by atoms with Crippen molar-refractivity contribution < 1.29 is 9.21 Å². The second-order valence-electron chi connectivity index (χ2n) is 2.82. The summed E-state index contributed by atoms with van der Waals surface area (Å²) in [5, 5.41) is 3.78. The van der Waals surface area contributed by atoms with E-state index in [2.05, 4.69) is 10.5 Å². The van der Waals surface area contributed by atoms with Crippen molar-refractivity contribution in [3.8, 4) is 0 Å². The molecule has 0 saturated heterocycles. The number of carbonyl (C=O) groups is 1. The zero-order valence-electron chi connectivity index (χ0n) is 8.01. The fraction of sp³-hybridized carbons (Fsp3) is 0. The number of furan rings is 1. The molecule has 0 aliphatic heterocycles. The SMILES string of the molecule is O=C(N/N=C\c1ccc(Cl)s1)c1ccco1. The molecule has 0 unspecified atom stereocenters. The van der Waals surface area contributed by atoms with Gasteiger partial charge in [-0.15, -0.1) is 11.3 Å². The average Bonchev–Trinajstić information content (AvgIpc) is 2.89. The quantitative estimate of drug-likeness (QED) is 0.676. The van der Waals surface area contributed by atoms with Gasteiger partial charge in [0.2, 0.25) is 0 Å². The lowest BCUT2D eigenvalue weighted by Gasteiger charge is -1.93. The highest BCUT2D eigenvalue weighted by Crippen LogP contribution is 2.19. The van der Waals surface area contributed by atoms with Gasteiger partial charge in [-0.25, -0.2) is 5.43 Å². The minimum Gasteiger partial charge on any atom is -0.459 e. The van der Waals surface area contributed by atoms with Gasteiger partial charge < -0.3 is 4.42 Å². The molecular weight excluding hydrogens is 248 g/mol. The molecule has 2 aromatic heterocycles. The third-order valence-corrected chi connectivity index (χ3v) is 2.86. The molecule has 0 spiro atoms. The third kappa shape index (κ3) is 2.71. The van der Waals surface area contributed by atoms with E-state index in [1.807, 2.05) is 6.07 Å². The van der Waals surface area contributed by atoms with E-state index in [9.17, 15) is 4.79 Å². The van der Waals surface area contributed by atoms with E-state index >= 15 is 0 Å². The van der Waals surface area contributed by atoms with Gasteiger partial charge >= 0.3 is 5.91 Å². The maximum absolute atomic E-state index is 11.4. The number of hydrogen-bond donors (Lipinski definition) is 1. The molecular formula is C10H7ClN2O2S. The number of carbonyl (C=O) groups excluding carboxylic acids is 1. The Morgan fingerprint density at radius 3 is 3.00 bits per heavy atom. The Morgan fingerprint density at radius 2 is 2.38 bits per heavy atom. The zero-order valence-corrected chi connectivity index (χ0v) is 9.59. The van der Waals surface area contributed by atoms with E-state index in [1.165, 1.54) is 23.8 Å². The van der Waals surface area contributed by atoms with E-state index in [0.717, 1.165) is 4.88 Å². The van der Waals surface area contributed by atoms with Crippen molar-refractivity contribution in [2.24, 2.45) is 5.10 Å². The van der Waals surface area contributed by atoms with Crippen LogP contribution in [-0.4, -0.2) is 12.1 Å². The van der Waals surface area contributed by atoms with Gasteiger partial charge in [0.15, 0.2) is 5.76 Å². The minimum absolute atomic E-state index is 0.223. The topological polar surface area (TPSA) is 54.6 Å². The van der Waals surface area contributed by atoms with Crippen LogP contribution in [0.3, 0.4) is 0 Å². The summed E-state index contributed by atoms with van der Waals surface area (Å²) in [5.41, 5.74) is 2.34. The molecule has 2 aromatic rings. The van der Waals surface area contributed by atoms with E-state index in [-0.39, 0.29) is 11.7 Å². The van der Waals surface area contributed by atoms with Gasteiger partial charge in [0, 0.05) is 4.88 Å². The molecule has 2 heterocycles. The Morgan fingerprint density at radius 1 is 1.50 bits per heavy atom. The van der Waals surface area contributed by atoms with Crippen LogP contribution >= 0.6 is 22.9 Å². The van der Waals surface area contributed by atoms with Crippen molar-refractivity contribution in [3.63, 3.8) is 0 Å². The number of nitrogens with one attached hydrogen (secondary N) is 1. The van der Waals surface area contributed by atoms with Gasteiger partial charge in [-0.2, -0.15) is 5.10 Å². The lowest BCUT2D eigenvalue weighted by atomic mass is 10.4. The zero-order chi connectivity index (χ0) is 11.4. The largest absolute Gasteiger partial charge is 0.459 e. The molecule has 0 bridgehead atoms. The average molecular weight is 255 g/mol. The maximum atomic E-state index is 11.4. The van der Waals surface area contributed by atoms with Crippen molar-refractivity contribution in [1.29, 1.82) is 0 Å². The van der Waals surface area contributed by atoms with Crippen LogP contribution in [0, 0.1) is 0 Å². The van der Waals surface area contributed by atoms with E-state index in [4.69, 9.17) is 16.0 Å². The molecule has 0 atom stereocenters. The molecule has 82 valence electrons. The number of rotatable bonds is 3. The Labute approximate surface area is 101 Å². The Bertz CT molecular complexity index is 505. The van der Waals surface area contributed by atoms with Gasteiger partial charge in [-0.3, -0.25) is 4.79 Å². The Hall–Kier alpha value is -1.59. The highest BCUT2D eigenvalue weighted by atomic mass is 35.5. The molecule has 1 amide bonds. The number of hydrazone groups is 1. The van der Waals surface area contributed by atoms with Crippen LogP contribution in [0.1, 0.15) is 15.4 Å². The first kappa shape index (κ1) is 10.9. The second-order valence-corrected chi connectivity index (χ2v) is 4.56. The summed E-state index contributed by atoms with van der Waals surface area (Å²) in [7, 11) is 0. The Kier molecular flexibility index (Phi) is 3.38. The van der Waals surface area contributed by atoms with Crippen LogP contribution in [0.2, 0.25) is 4.34 Å². The van der Waals surface area contributed by atoms with Crippen LogP contribution in [0.5, 0.6) is 0 Å². The summed E-state index contributed by atoms with van der Waals surface area (Å²) >= 11 is 7.12. The highest BCUT2D eigenvalue weighted by Gasteiger charge is 2.05. The highest BCUT2D eigenvalue weighted by molar-refractivity contribution is 7.17. The third-order valence-electron chi connectivity index (χ3n) is 1.70. The summed E-state index contributed by atoms with van der Waals surface area (Å²) in [6.07, 6.45) is 2.95. The minimum atomic E-state index is -0.385. The lowest BCUT2D eigenvalue weighted by molar-refractivity contribution is 0.0927. The standard InChI is InChI=1S/C10H7ClN2O2S/c11-9-4-3-7(16-9)6-12-13-10(14)8-2-1-5-15-8/h1-6H,(H,13,14)/b12-6-. The fourth-order valence-corrected chi connectivity index (χ4v) is 1.95. The van der Waals surface area contributed by atoms with Crippen LogP contribution in [0.15, 0.2) is 40.0 Å². The molecule has 0 saturated carbocycles. The van der Waals surface area contributed by atoms with Gasteiger partial charge in [0.1, 0.15) is 0 Å². The molecule has 1 N–H and O–H groups in total. The fourth-order valence-electron chi connectivity index (χ4n) is 1.02. The van der Waals surface area contributed by atoms with E-state index < -0.39 is 0 Å². The van der Waals surface area contributed by atoms with Crippen LogP contribution < -0.4 is 5.43 Å². The van der Waals surface area contributed by atoms with Gasteiger partial charge in [0.05, 0.1) is 16.8 Å². The van der Waals surface area contributed by atoms with Crippen molar-refractivity contribution in [2.45, 2.75) is 0 Å². The first-order valence-electron chi connectivity index (χ1n) is 4.38. The van der Waals surface area contributed by atoms with Crippen LogP contribution in [-0.2, 0) is 0 Å². The first-order chi connectivity index (χ1) is 7.75. The number of thiophene rings is 1. The lowest BCUT2D eigenvalue weighted by Crippen LogP contribution is -2.16. The summed E-state index contributed by atoms with van der Waals surface area (Å²) < 4.78 is 5.58. The summed E-state index contributed by atoms with van der Waals surface area (Å²) in [5.74, 6) is -0.162. The predicted molar refractivity (Wildman–Crippen MR) is 63.1 cm³/mol. The van der Waals surface area contributed by atoms with Gasteiger partial charge in [-0.05, 0) is 24.3 Å². The summed E-state index contributed by atoms with van der Waals surface area (Å²) in [6, 6.07) is 6.78. The van der Waals surface area contributed by atoms with Crippen molar-refractivity contribution in [2.75, 3.05) is 0 Å². The van der Waals surface area contributed by atoms with Gasteiger partial charge in [-0.1, -0.05) is 11.6 Å². The van der Waals surface area contributed by atoms with E-state index in [1.54, 1.807) is 18.2 Å². The number of halogens is 1. The molecule has 0 radical (unpaired) electrons. The smallest absolute Gasteiger partial charge is 0.307 e. The van der Waals surface area contributed by atoms with Crippen LogP contribution in [0.4, 0.5) is 0 Å². The summed E-state index contributed by atoms with van der Waals surface area (Å²) in [6.45, 7) is 0. The number of hydrogen-bond acceptors (Lipinski definition) is 4. The molecule has 6 heteroatoms. The maximum Gasteiger partial charge on any atom is 0.307 e. The summed E-state index contributed by atoms with van der Waals surface area (Å²) in [4.78, 5) is 12.2. The predicted octanol–water partition coefficient (Wildman–Crippen LogP) is 2.76. The molecule has 0 aliphatic carbocycles. The number of amides is 1. The molecule has 4 nitrogen and oxygen atoms in total. The molecule has 0 aromatic carbocycles. The molecule has 0 aliphatic rings.